The van der Waals surface area contributed by atoms with Crippen molar-refractivity contribution < 1.29 is 14.4 Å². The molecule has 3 rings (SSSR count). The Hall–Kier alpha value is -3.94. The number of nitrogens with one attached hydrogen (secondary N) is 1. The Balaban J connectivity index is 1.78. The number of para-hydroxylation sites is 1. The lowest BCUT2D eigenvalue weighted by molar-refractivity contribution is -0.386. The van der Waals surface area contributed by atoms with Crippen LogP contribution < -0.4 is 14.9 Å². The number of ether oxygens (including phenoxy) is 2. The number of methoxy groups -OCH3 is 1. The average Bonchev–Trinajstić information content (AvgIpc) is 2.70. The summed E-state index contributed by atoms with van der Waals surface area (Å²) in [5, 5.41) is 15.3. The number of hydrazone groups is 1. The van der Waals surface area contributed by atoms with Crippen molar-refractivity contribution in [2.75, 3.05) is 12.5 Å². The van der Waals surface area contributed by atoms with Gasteiger partial charge in [0.2, 0.25) is 0 Å². The van der Waals surface area contributed by atoms with Crippen molar-refractivity contribution in [3.05, 3.63) is 82.5 Å². The highest BCUT2D eigenvalue weighted by Gasteiger charge is 2.18. The Morgan fingerprint density at radius 2 is 1.93 bits per heavy atom. The number of anilines is 1. The Bertz CT molecular complexity index is 961. The summed E-state index contributed by atoms with van der Waals surface area (Å²) < 4.78 is 10.9. The first-order valence-electron chi connectivity index (χ1n) is 7.97. The second-order valence-corrected chi connectivity index (χ2v) is 5.33. The minimum Gasteiger partial charge on any atom is -0.493 e. The molecular formula is C19H16N4O4. The van der Waals surface area contributed by atoms with E-state index in [-0.39, 0.29) is 11.6 Å². The molecule has 8 nitrogen and oxygen atoms in total. The number of benzene rings is 2. The number of rotatable bonds is 7. The molecule has 0 aliphatic carbocycles. The maximum absolute atomic E-state index is 11.1. The number of nitrogens with zero attached hydrogens (tertiary/aromatic N) is 3. The molecule has 8 heteroatoms. The maximum atomic E-state index is 11.1. The normalized spacial score (nSPS) is 10.6. The summed E-state index contributed by atoms with van der Waals surface area (Å²) in [6, 6.07) is 17.4. The summed E-state index contributed by atoms with van der Waals surface area (Å²) in [7, 11) is 1.48. The minimum atomic E-state index is -0.551. The highest BCUT2D eigenvalue weighted by molar-refractivity contribution is 5.81. The van der Waals surface area contributed by atoms with Crippen LogP contribution in [0.3, 0.4) is 0 Å². The highest BCUT2D eigenvalue weighted by atomic mass is 16.6. The van der Waals surface area contributed by atoms with Gasteiger partial charge in [0, 0.05) is 12.3 Å². The molecule has 2 aromatic carbocycles. The molecule has 0 saturated carbocycles. The van der Waals surface area contributed by atoms with Crippen LogP contribution in [0, 0.1) is 10.1 Å². The molecule has 0 saturated heterocycles. The molecular weight excluding hydrogens is 348 g/mol. The van der Waals surface area contributed by atoms with Crippen LogP contribution in [0.5, 0.6) is 17.4 Å². The first-order valence-corrected chi connectivity index (χ1v) is 7.97. The largest absolute Gasteiger partial charge is 0.493 e. The van der Waals surface area contributed by atoms with Crippen molar-refractivity contribution >= 4 is 17.6 Å². The van der Waals surface area contributed by atoms with Crippen LogP contribution in [0.2, 0.25) is 0 Å². The standard InChI is InChI=1S/C19H16N4O4/c1-26-18-12-14(13-21-22-15-6-3-2-4-7-15)9-10-17(18)27-19-16(23(24)25)8-5-11-20-19/h2-13,22H,1H3. The van der Waals surface area contributed by atoms with Crippen LogP contribution in [-0.2, 0) is 0 Å². The summed E-state index contributed by atoms with van der Waals surface area (Å²) in [6.45, 7) is 0. The van der Waals surface area contributed by atoms with Crippen molar-refractivity contribution in [1.82, 2.24) is 4.98 Å². The zero-order chi connectivity index (χ0) is 19.1. The van der Waals surface area contributed by atoms with Crippen LogP contribution in [0.15, 0.2) is 72.0 Å². The van der Waals surface area contributed by atoms with E-state index < -0.39 is 4.92 Å². The molecule has 0 aliphatic heterocycles. The molecule has 0 spiro atoms. The van der Waals surface area contributed by atoms with Crippen molar-refractivity contribution in [3.63, 3.8) is 0 Å². The predicted octanol–water partition coefficient (Wildman–Crippen LogP) is 4.24. The number of aromatic nitrogens is 1. The van der Waals surface area contributed by atoms with E-state index in [2.05, 4.69) is 15.5 Å². The molecule has 0 aliphatic rings. The minimum absolute atomic E-state index is 0.104. The summed E-state index contributed by atoms with van der Waals surface area (Å²) in [4.78, 5) is 14.5. The van der Waals surface area contributed by atoms with E-state index in [0.29, 0.717) is 11.5 Å². The molecule has 1 heterocycles. The van der Waals surface area contributed by atoms with Crippen molar-refractivity contribution in [2.24, 2.45) is 5.10 Å². The monoisotopic (exact) mass is 364 g/mol. The third-order valence-corrected chi connectivity index (χ3v) is 3.52. The Morgan fingerprint density at radius 3 is 2.67 bits per heavy atom. The summed E-state index contributed by atoms with van der Waals surface area (Å²) in [5.74, 6) is 0.610. The van der Waals surface area contributed by atoms with E-state index in [1.54, 1.807) is 24.4 Å². The van der Waals surface area contributed by atoms with Crippen LogP contribution in [-0.4, -0.2) is 23.2 Å². The van der Waals surface area contributed by atoms with Gasteiger partial charge in [-0.1, -0.05) is 18.2 Å². The lowest BCUT2D eigenvalue weighted by atomic mass is 10.2. The fraction of sp³-hybridized carbons (Fsp3) is 0.0526. The molecule has 1 N–H and O–H groups in total. The number of pyridine rings is 1. The molecule has 0 radical (unpaired) electrons. The van der Waals surface area contributed by atoms with Crippen LogP contribution in [0.1, 0.15) is 5.56 Å². The van der Waals surface area contributed by atoms with Gasteiger partial charge in [0.1, 0.15) is 0 Å². The predicted molar refractivity (Wildman–Crippen MR) is 102 cm³/mol. The Labute approximate surface area is 155 Å². The lowest BCUT2D eigenvalue weighted by Crippen LogP contribution is -1.98. The third-order valence-electron chi connectivity index (χ3n) is 3.52. The fourth-order valence-electron chi connectivity index (χ4n) is 2.25. The van der Waals surface area contributed by atoms with Gasteiger partial charge in [0.05, 0.1) is 23.9 Å². The summed E-state index contributed by atoms with van der Waals surface area (Å²) in [6.07, 6.45) is 3.05. The molecule has 136 valence electrons. The van der Waals surface area contributed by atoms with Gasteiger partial charge >= 0.3 is 5.69 Å². The van der Waals surface area contributed by atoms with Crippen molar-refractivity contribution in [2.45, 2.75) is 0 Å². The van der Waals surface area contributed by atoms with E-state index in [0.717, 1.165) is 11.3 Å². The second kappa shape index (κ2) is 8.43. The SMILES string of the molecule is COc1cc(C=NNc2ccccc2)ccc1Oc1ncccc1[N+](=O)[O-]. The first-order chi connectivity index (χ1) is 13.2. The average molecular weight is 364 g/mol. The van der Waals surface area contributed by atoms with Crippen LogP contribution in [0.25, 0.3) is 0 Å². The van der Waals surface area contributed by atoms with Gasteiger partial charge in [-0.25, -0.2) is 4.98 Å². The quantitative estimate of drug-likeness (QED) is 0.382. The molecule has 0 fully saturated rings. The lowest BCUT2D eigenvalue weighted by Gasteiger charge is -2.10. The molecule has 0 atom stereocenters. The highest BCUT2D eigenvalue weighted by Crippen LogP contribution is 2.34. The zero-order valence-electron chi connectivity index (χ0n) is 14.4. The maximum Gasteiger partial charge on any atom is 0.331 e. The molecule has 0 unspecified atom stereocenters. The number of hydrogen-bond acceptors (Lipinski definition) is 7. The topological polar surface area (TPSA) is 98.9 Å². The fourth-order valence-corrected chi connectivity index (χ4v) is 2.25. The van der Waals surface area contributed by atoms with E-state index >= 15 is 0 Å². The van der Waals surface area contributed by atoms with Crippen molar-refractivity contribution in [1.29, 1.82) is 0 Å². The van der Waals surface area contributed by atoms with E-state index in [1.165, 1.54) is 25.4 Å². The van der Waals surface area contributed by atoms with Crippen LogP contribution >= 0.6 is 0 Å². The molecule has 0 bridgehead atoms. The third kappa shape index (κ3) is 4.57. The molecule has 0 amide bonds. The van der Waals surface area contributed by atoms with Gasteiger partial charge in [0.15, 0.2) is 11.5 Å². The number of nitro groups is 1. The van der Waals surface area contributed by atoms with Gasteiger partial charge in [-0.3, -0.25) is 15.5 Å². The molecule has 1 aromatic heterocycles. The molecule has 27 heavy (non-hydrogen) atoms. The van der Waals surface area contributed by atoms with E-state index in [9.17, 15) is 10.1 Å². The van der Waals surface area contributed by atoms with Gasteiger partial charge in [-0.15, -0.1) is 0 Å². The Kier molecular flexibility index (Phi) is 5.58. The van der Waals surface area contributed by atoms with E-state index in [4.69, 9.17) is 9.47 Å². The summed E-state index contributed by atoms with van der Waals surface area (Å²) >= 11 is 0. The van der Waals surface area contributed by atoms with E-state index in [1.807, 2.05) is 30.3 Å². The zero-order valence-corrected chi connectivity index (χ0v) is 14.4. The smallest absolute Gasteiger partial charge is 0.331 e. The number of hydrogen-bond donors (Lipinski definition) is 1. The Morgan fingerprint density at radius 1 is 1.11 bits per heavy atom. The van der Waals surface area contributed by atoms with Gasteiger partial charge in [0.25, 0.3) is 5.88 Å². The first kappa shape index (κ1) is 17.9. The van der Waals surface area contributed by atoms with Crippen LogP contribution in [0.4, 0.5) is 11.4 Å². The van der Waals surface area contributed by atoms with Crippen molar-refractivity contribution in [3.8, 4) is 17.4 Å². The van der Waals surface area contributed by atoms with Gasteiger partial charge in [-0.2, -0.15) is 5.10 Å². The van der Waals surface area contributed by atoms with Gasteiger partial charge in [-0.05, 0) is 42.0 Å². The summed E-state index contributed by atoms with van der Waals surface area (Å²) in [5.41, 5.74) is 4.32. The molecule has 3 aromatic rings. The van der Waals surface area contributed by atoms with Gasteiger partial charge < -0.3 is 9.47 Å². The second-order valence-electron chi connectivity index (χ2n) is 5.33.